The highest BCUT2D eigenvalue weighted by Crippen LogP contribution is 2.45. The van der Waals surface area contributed by atoms with Crippen LogP contribution in [0.2, 0.25) is 5.02 Å². The first kappa shape index (κ1) is 22.8. The molecule has 5 heteroatoms. The van der Waals surface area contributed by atoms with Crippen LogP contribution in [0.4, 0.5) is 5.69 Å². The van der Waals surface area contributed by atoms with Crippen LogP contribution in [0.25, 0.3) is 0 Å². The molecule has 1 fully saturated rings. The third-order valence-corrected chi connectivity index (χ3v) is 6.92. The number of halogens is 1. The minimum absolute atomic E-state index is 0.0330. The van der Waals surface area contributed by atoms with Crippen LogP contribution in [0.5, 0.6) is 11.5 Å². The number of methoxy groups -OCH3 is 1. The highest BCUT2D eigenvalue weighted by atomic mass is 35.5. The Morgan fingerprint density at radius 2 is 1.87 bits per heavy atom. The predicted octanol–water partition coefficient (Wildman–Crippen LogP) is 6.06. The van der Waals surface area contributed by atoms with E-state index in [9.17, 15) is 5.11 Å². The summed E-state index contributed by atoms with van der Waals surface area (Å²) in [6.45, 7) is 6.40. The summed E-state index contributed by atoms with van der Waals surface area (Å²) in [6.07, 6.45) is 5.41. The molecule has 0 radical (unpaired) electrons. The van der Waals surface area contributed by atoms with Gasteiger partial charge in [-0.05, 0) is 82.4 Å². The van der Waals surface area contributed by atoms with Crippen molar-refractivity contribution in [2.24, 2.45) is 0 Å². The maximum Gasteiger partial charge on any atom is 0.143 e. The molecule has 1 N–H and O–H groups in total. The number of phenolic OH excluding ortho intramolecular Hbond substituents is 1. The molecule has 1 aliphatic rings. The molecule has 164 valence electrons. The molecule has 1 saturated carbocycles. The summed E-state index contributed by atoms with van der Waals surface area (Å²) in [6, 6.07) is 14.2. The van der Waals surface area contributed by atoms with Crippen molar-refractivity contribution in [3.05, 3.63) is 53.1 Å². The third-order valence-electron chi connectivity index (χ3n) is 6.69. The van der Waals surface area contributed by atoms with Gasteiger partial charge in [0.1, 0.15) is 11.5 Å². The van der Waals surface area contributed by atoms with Crippen LogP contribution in [0.15, 0.2) is 42.5 Å². The Balaban J connectivity index is 1.87. The van der Waals surface area contributed by atoms with Gasteiger partial charge >= 0.3 is 0 Å². The van der Waals surface area contributed by atoms with Gasteiger partial charge in [0.15, 0.2) is 0 Å². The van der Waals surface area contributed by atoms with E-state index < -0.39 is 0 Å². The summed E-state index contributed by atoms with van der Waals surface area (Å²) in [5.41, 5.74) is 2.31. The van der Waals surface area contributed by atoms with E-state index in [-0.39, 0.29) is 5.54 Å². The van der Waals surface area contributed by atoms with E-state index in [1.165, 1.54) is 5.56 Å². The van der Waals surface area contributed by atoms with Gasteiger partial charge in [-0.15, -0.1) is 0 Å². The van der Waals surface area contributed by atoms with Crippen molar-refractivity contribution in [2.45, 2.75) is 57.5 Å². The average molecular weight is 431 g/mol. The Kier molecular flexibility index (Phi) is 7.54. The normalized spacial score (nSPS) is 21.6. The zero-order chi connectivity index (χ0) is 21.7. The number of ether oxygens (including phenoxy) is 1. The second kappa shape index (κ2) is 9.93. The molecule has 3 rings (SSSR count). The van der Waals surface area contributed by atoms with Crippen LogP contribution in [-0.4, -0.2) is 43.3 Å². The molecule has 0 aliphatic heterocycles. The minimum atomic E-state index is -0.0330. The van der Waals surface area contributed by atoms with Crippen LogP contribution >= 0.6 is 11.6 Å². The number of rotatable bonds is 8. The molecule has 0 atom stereocenters. The molecule has 0 aromatic heterocycles. The van der Waals surface area contributed by atoms with Crippen molar-refractivity contribution in [3.8, 4) is 11.5 Å². The van der Waals surface area contributed by atoms with Crippen molar-refractivity contribution < 1.29 is 9.84 Å². The number of hydrogen-bond donors (Lipinski definition) is 1. The Bertz CT molecular complexity index is 834. The Morgan fingerprint density at radius 3 is 2.47 bits per heavy atom. The molecule has 0 heterocycles. The van der Waals surface area contributed by atoms with Gasteiger partial charge < -0.3 is 14.7 Å². The van der Waals surface area contributed by atoms with Crippen LogP contribution in [0, 0.1) is 0 Å². The number of hydrogen-bond acceptors (Lipinski definition) is 4. The van der Waals surface area contributed by atoms with Gasteiger partial charge in [0.25, 0.3) is 0 Å². The molecule has 0 bridgehead atoms. The Hall–Kier alpha value is -1.91. The fourth-order valence-electron chi connectivity index (χ4n) is 5.14. The van der Waals surface area contributed by atoms with Crippen molar-refractivity contribution in [1.82, 2.24) is 4.90 Å². The molecule has 0 saturated heterocycles. The molecule has 2 aromatic rings. The van der Waals surface area contributed by atoms with Crippen molar-refractivity contribution in [1.29, 1.82) is 0 Å². The fraction of sp³-hybridized carbons (Fsp3) is 0.520. The summed E-state index contributed by atoms with van der Waals surface area (Å²) in [4.78, 5) is 4.96. The largest absolute Gasteiger partial charge is 0.508 e. The van der Waals surface area contributed by atoms with E-state index in [0.29, 0.717) is 16.8 Å². The SMILES string of the molecule is CCCN(C)C1(c2cccc(O)c2)CCC(N(CC)c2ccc(Cl)cc2OC)CC1. The van der Waals surface area contributed by atoms with Gasteiger partial charge in [0.05, 0.1) is 12.8 Å². The zero-order valence-corrected chi connectivity index (χ0v) is 19.5. The number of benzene rings is 2. The molecular weight excluding hydrogens is 396 g/mol. The van der Waals surface area contributed by atoms with Gasteiger partial charge in [-0.3, -0.25) is 4.90 Å². The fourth-order valence-corrected chi connectivity index (χ4v) is 5.30. The van der Waals surface area contributed by atoms with E-state index in [4.69, 9.17) is 16.3 Å². The molecule has 0 unspecified atom stereocenters. The predicted molar refractivity (Wildman–Crippen MR) is 126 cm³/mol. The second-order valence-electron chi connectivity index (χ2n) is 8.34. The number of aromatic hydroxyl groups is 1. The van der Waals surface area contributed by atoms with Crippen LogP contribution in [0.3, 0.4) is 0 Å². The lowest BCUT2D eigenvalue weighted by atomic mass is 9.73. The van der Waals surface area contributed by atoms with Crippen molar-refractivity contribution in [2.75, 3.05) is 32.1 Å². The third kappa shape index (κ3) is 4.55. The van der Waals surface area contributed by atoms with E-state index in [0.717, 1.165) is 56.6 Å². The van der Waals surface area contributed by atoms with E-state index in [1.807, 2.05) is 24.3 Å². The highest BCUT2D eigenvalue weighted by molar-refractivity contribution is 6.30. The average Bonchev–Trinajstić information content (AvgIpc) is 2.75. The molecule has 4 nitrogen and oxygen atoms in total. The summed E-state index contributed by atoms with van der Waals surface area (Å²) in [5.74, 6) is 1.18. The Labute approximate surface area is 186 Å². The van der Waals surface area contributed by atoms with Gasteiger partial charge in [-0.25, -0.2) is 0 Å². The maximum atomic E-state index is 10.1. The van der Waals surface area contributed by atoms with E-state index in [2.05, 4.69) is 42.8 Å². The highest BCUT2D eigenvalue weighted by Gasteiger charge is 2.41. The zero-order valence-electron chi connectivity index (χ0n) is 18.7. The van der Waals surface area contributed by atoms with Gasteiger partial charge in [0.2, 0.25) is 0 Å². The molecule has 30 heavy (non-hydrogen) atoms. The summed E-state index contributed by atoms with van der Waals surface area (Å²) in [7, 11) is 3.93. The van der Waals surface area contributed by atoms with E-state index >= 15 is 0 Å². The summed E-state index contributed by atoms with van der Waals surface area (Å²) >= 11 is 6.19. The Morgan fingerprint density at radius 1 is 1.13 bits per heavy atom. The summed E-state index contributed by atoms with van der Waals surface area (Å²) in [5, 5.41) is 10.8. The monoisotopic (exact) mass is 430 g/mol. The molecule has 1 aliphatic carbocycles. The summed E-state index contributed by atoms with van der Waals surface area (Å²) < 4.78 is 5.63. The lowest BCUT2D eigenvalue weighted by molar-refractivity contribution is 0.0655. The van der Waals surface area contributed by atoms with Crippen LogP contribution < -0.4 is 9.64 Å². The first-order valence-electron chi connectivity index (χ1n) is 11.1. The smallest absolute Gasteiger partial charge is 0.143 e. The lowest BCUT2D eigenvalue weighted by Gasteiger charge is -2.49. The van der Waals surface area contributed by atoms with Gasteiger partial charge in [-0.2, -0.15) is 0 Å². The molecule has 0 spiro atoms. The first-order valence-corrected chi connectivity index (χ1v) is 11.4. The van der Waals surface area contributed by atoms with Gasteiger partial charge in [-0.1, -0.05) is 30.7 Å². The van der Waals surface area contributed by atoms with Crippen molar-refractivity contribution in [3.63, 3.8) is 0 Å². The standard InChI is InChI=1S/C25H35ClN2O2/c1-5-16-27(3)25(19-8-7-9-22(29)17-19)14-12-21(13-15-25)28(6-2)23-11-10-20(26)18-24(23)30-4/h7-11,17-18,21,29H,5-6,12-16H2,1-4H3. The maximum absolute atomic E-state index is 10.1. The number of anilines is 1. The van der Waals surface area contributed by atoms with Crippen molar-refractivity contribution >= 4 is 17.3 Å². The molecule has 2 aromatic carbocycles. The topological polar surface area (TPSA) is 35.9 Å². The first-order chi connectivity index (χ1) is 14.4. The quantitative estimate of drug-likeness (QED) is 0.552. The van der Waals surface area contributed by atoms with E-state index in [1.54, 1.807) is 13.2 Å². The van der Waals surface area contributed by atoms with Crippen LogP contribution in [-0.2, 0) is 5.54 Å². The molecule has 0 amide bonds. The number of nitrogens with zero attached hydrogens (tertiary/aromatic N) is 2. The van der Waals surface area contributed by atoms with Crippen LogP contribution in [0.1, 0.15) is 51.5 Å². The lowest BCUT2D eigenvalue weighted by Crippen LogP contribution is -2.50. The minimum Gasteiger partial charge on any atom is -0.508 e. The van der Waals surface area contributed by atoms with Gasteiger partial charge in [0, 0.05) is 29.2 Å². The second-order valence-corrected chi connectivity index (χ2v) is 8.77. The number of phenols is 1. The molecular formula is C25H35ClN2O2.